The summed E-state index contributed by atoms with van der Waals surface area (Å²) in [5.74, 6) is 0. The zero-order valence-electron chi connectivity index (χ0n) is 9.65. The minimum Gasteiger partial charge on any atom is -0.398 e. The zero-order chi connectivity index (χ0) is 11.1. The first-order valence-electron chi connectivity index (χ1n) is 5.99. The minimum absolute atomic E-state index is 0.430. The fourth-order valence-corrected chi connectivity index (χ4v) is 2.79. The number of hydrogen-bond donors (Lipinski definition) is 1. The Balaban J connectivity index is 1.89. The van der Waals surface area contributed by atoms with Gasteiger partial charge in [0.1, 0.15) is 0 Å². The molecular weight excluding hydrogens is 200 g/mol. The summed E-state index contributed by atoms with van der Waals surface area (Å²) in [5, 5.41) is 0. The summed E-state index contributed by atoms with van der Waals surface area (Å²) in [6.07, 6.45) is 3.28. The first-order chi connectivity index (χ1) is 7.74. The van der Waals surface area contributed by atoms with Gasteiger partial charge in [0.15, 0.2) is 0 Å². The molecule has 1 aromatic rings. The molecule has 3 rings (SSSR count). The predicted octanol–water partition coefficient (Wildman–Crippen LogP) is 1.94. The number of nitrogens with two attached hydrogens (primary N) is 1. The Hall–Kier alpha value is -1.22. The molecule has 0 aliphatic carbocycles. The number of nitrogen functional groups attached to an aromatic ring is 1. The van der Waals surface area contributed by atoms with Crippen molar-refractivity contribution in [1.29, 1.82) is 0 Å². The normalized spacial score (nSPS) is 28.4. The van der Waals surface area contributed by atoms with Crippen molar-refractivity contribution < 1.29 is 4.74 Å². The van der Waals surface area contributed by atoms with E-state index in [9.17, 15) is 0 Å². The summed E-state index contributed by atoms with van der Waals surface area (Å²) in [5.41, 5.74) is 9.32. The summed E-state index contributed by atoms with van der Waals surface area (Å²) < 4.78 is 5.85. The Morgan fingerprint density at radius 3 is 2.62 bits per heavy atom. The lowest BCUT2D eigenvalue weighted by molar-refractivity contribution is 0.0304. The van der Waals surface area contributed by atoms with Gasteiger partial charge in [0.05, 0.1) is 12.2 Å². The fourth-order valence-electron chi connectivity index (χ4n) is 2.79. The van der Waals surface area contributed by atoms with Gasteiger partial charge in [0.25, 0.3) is 0 Å². The number of morpholine rings is 1. The highest BCUT2D eigenvalue weighted by atomic mass is 16.5. The molecule has 2 unspecified atom stereocenters. The SMILES string of the molecule is Cc1c(N)cccc1N1CC2CCC(C1)O2. The average molecular weight is 218 g/mol. The van der Waals surface area contributed by atoms with E-state index in [0.717, 1.165) is 18.8 Å². The number of rotatable bonds is 1. The van der Waals surface area contributed by atoms with E-state index >= 15 is 0 Å². The Morgan fingerprint density at radius 1 is 1.25 bits per heavy atom. The van der Waals surface area contributed by atoms with Gasteiger partial charge in [-0.25, -0.2) is 0 Å². The van der Waals surface area contributed by atoms with E-state index in [1.165, 1.54) is 24.1 Å². The van der Waals surface area contributed by atoms with Gasteiger partial charge in [0, 0.05) is 24.5 Å². The van der Waals surface area contributed by atoms with Crippen LogP contribution in [0.25, 0.3) is 0 Å². The molecule has 0 spiro atoms. The minimum atomic E-state index is 0.430. The predicted molar refractivity (Wildman–Crippen MR) is 65.7 cm³/mol. The molecule has 2 saturated heterocycles. The molecule has 16 heavy (non-hydrogen) atoms. The second-order valence-corrected chi connectivity index (χ2v) is 4.85. The second-order valence-electron chi connectivity index (χ2n) is 4.85. The van der Waals surface area contributed by atoms with Crippen molar-refractivity contribution in [2.75, 3.05) is 23.7 Å². The molecule has 2 N–H and O–H groups in total. The second kappa shape index (κ2) is 3.67. The number of anilines is 2. The first-order valence-corrected chi connectivity index (χ1v) is 5.99. The molecule has 2 atom stereocenters. The van der Waals surface area contributed by atoms with Gasteiger partial charge in [0.2, 0.25) is 0 Å². The molecule has 86 valence electrons. The Bertz CT molecular complexity index is 393. The first kappa shape index (κ1) is 9.97. The van der Waals surface area contributed by atoms with Gasteiger partial charge in [-0.2, -0.15) is 0 Å². The van der Waals surface area contributed by atoms with Gasteiger partial charge in [-0.1, -0.05) is 6.07 Å². The molecule has 3 nitrogen and oxygen atoms in total. The molecule has 2 aliphatic rings. The van der Waals surface area contributed by atoms with Crippen molar-refractivity contribution in [1.82, 2.24) is 0 Å². The van der Waals surface area contributed by atoms with Crippen molar-refractivity contribution in [2.24, 2.45) is 0 Å². The van der Waals surface area contributed by atoms with E-state index in [0.29, 0.717) is 12.2 Å². The highest BCUT2D eigenvalue weighted by Crippen LogP contribution is 2.32. The van der Waals surface area contributed by atoms with Crippen LogP contribution in [-0.2, 0) is 4.74 Å². The fraction of sp³-hybridized carbons (Fsp3) is 0.538. The van der Waals surface area contributed by atoms with Crippen molar-refractivity contribution in [3.05, 3.63) is 23.8 Å². The van der Waals surface area contributed by atoms with Crippen LogP contribution in [0.4, 0.5) is 11.4 Å². The van der Waals surface area contributed by atoms with Gasteiger partial charge in [-0.15, -0.1) is 0 Å². The van der Waals surface area contributed by atoms with E-state index in [2.05, 4.69) is 17.9 Å². The Morgan fingerprint density at radius 2 is 1.94 bits per heavy atom. The number of ether oxygens (including phenoxy) is 1. The Kier molecular flexibility index (Phi) is 2.28. The number of nitrogens with zero attached hydrogens (tertiary/aromatic N) is 1. The van der Waals surface area contributed by atoms with Crippen LogP contribution in [0, 0.1) is 6.92 Å². The molecule has 0 aromatic heterocycles. The van der Waals surface area contributed by atoms with Crippen LogP contribution in [0.15, 0.2) is 18.2 Å². The third kappa shape index (κ3) is 1.55. The monoisotopic (exact) mass is 218 g/mol. The van der Waals surface area contributed by atoms with Crippen molar-refractivity contribution in [3.8, 4) is 0 Å². The summed E-state index contributed by atoms with van der Waals surface area (Å²) in [4.78, 5) is 2.43. The van der Waals surface area contributed by atoms with Crippen molar-refractivity contribution >= 4 is 11.4 Å². The van der Waals surface area contributed by atoms with Gasteiger partial charge >= 0.3 is 0 Å². The number of benzene rings is 1. The largest absolute Gasteiger partial charge is 0.398 e. The summed E-state index contributed by atoms with van der Waals surface area (Å²) >= 11 is 0. The number of fused-ring (bicyclic) bond motifs is 2. The van der Waals surface area contributed by atoms with Crippen LogP contribution < -0.4 is 10.6 Å². The van der Waals surface area contributed by atoms with E-state index in [1.54, 1.807) is 0 Å². The van der Waals surface area contributed by atoms with Crippen LogP contribution in [0.5, 0.6) is 0 Å². The van der Waals surface area contributed by atoms with Crippen LogP contribution in [0.2, 0.25) is 0 Å². The van der Waals surface area contributed by atoms with Crippen molar-refractivity contribution in [2.45, 2.75) is 32.0 Å². The summed E-state index contributed by atoms with van der Waals surface area (Å²) in [6.45, 7) is 4.13. The smallest absolute Gasteiger partial charge is 0.0755 e. The molecular formula is C13H18N2O. The quantitative estimate of drug-likeness (QED) is 0.732. The molecule has 0 amide bonds. The lowest BCUT2D eigenvalue weighted by Gasteiger charge is -2.35. The average Bonchev–Trinajstić information content (AvgIpc) is 2.62. The zero-order valence-corrected chi connectivity index (χ0v) is 9.65. The highest BCUT2D eigenvalue weighted by Gasteiger charge is 2.34. The van der Waals surface area contributed by atoms with E-state index in [-0.39, 0.29) is 0 Å². The third-order valence-electron chi connectivity index (χ3n) is 3.73. The molecule has 0 saturated carbocycles. The lowest BCUT2D eigenvalue weighted by Crippen LogP contribution is -2.43. The molecule has 0 radical (unpaired) electrons. The molecule has 3 heteroatoms. The summed E-state index contributed by atoms with van der Waals surface area (Å²) in [6, 6.07) is 6.17. The molecule has 1 aromatic carbocycles. The van der Waals surface area contributed by atoms with E-state index in [4.69, 9.17) is 10.5 Å². The molecule has 2 aliphatic heterocycles. The van der Waals surface area contributed by atoms with Gasteiger partial charge < -0.3 is 15.4 Å². The highest BCUT2D eigenvalue weighted by molar-refractivity contribution is 5.64. The molecule has 2 heterocycles. The van der Waals surface area contributed by atoms with Crippen LogP contribution in [-0.4, -0.2) is 25.3 Å². The topological polar surface area (TPSA) is 38.5 Å². The van der Waals surface area contributed by atoms with Crippen LogP contribution in [0.1, 0.15) is 18.4 Å². The summed E-state index contributed by atoms with van der Waals surface area (Å²) in [7, 11) is 0. The molecule has 2 bridgehead atoms. The maximum atomic E-state index is 5.95. The van der Waals surface area contributed by atoms with E-state index in [1.807, 2.05) is 12.1 Å². The van der Waals surface area contributed by atoms with Crippen molar-refractivity contribution in [3.63, 3.8) is 0 Å². The lowest BCUT2D eigenvalue weighted by atomic mass is 10.1. The maximum Gasteiger partial charge on any atom is 0.0755 e. The van der Waals surface area contributed by atoms with Crippen LogP contribution in [0.3, 0.4) is 0 Å². The standard InChI is InChI=1S/C13H18N2O/c1-9-12(14)3-2-4-13(9)15-7-10-5-6-11(8-15)16-10/h2-4,10-11H,5-8,14H2,1H3. The van der Waals surface area contributed by atoms with Gasteiger partial charge in [-0.05, 0) is 37.5 Å². The maximum absolute atomic E-state index is 5.95. The van der Waals surface area contributed by atoms with Crippen LogP contribution >= 0.6 is 0 Å². The van der Waals surface area contributed by atoms with Gasteiger partial charge in [-0.3, -0.25) is 0 Å². The van der Waals surface area contributed by atoms with E-state index < -0.39 is 0 Å². The number of hydrogen-bond acceptors (Lipinski definition) is 3. The third-order valence-corrected chi connectivity index (χ3v) is 3.73. The molecule has 2 fully saturated rings. The Labute approximate surface area is 96.2 Å².